The Labute approximate surface area is 168 Å². The van der Waals surface area contributed by atoms with Gasteiger partial charge in [-0.25, -0.2) is 4.79 Å². The first-order chi connectivity index (χ1) is 13.6. The van der Waals surface area contributed by atoms with E-state index in [0.717, 1.165) is 11.1 Å². The molecule has 1 aliphatic rings. The third-order valence-electron chi connectivity index (χ3n) is 3.97. The van der Waals surface area contributed by atoms with E-state index in [0.29, 0.717) is 42.7 Å². The van der Waals surface area contributed by atoms with Gasteiger partial charge >= 0.3 is 5.97 Å². The minimum atomic E-state index is -0.595. The lowest BCUT2D eigenvalue weighted by Gasteiger charge is -2.18. The number of nitrogens with one attached hydrogen (secondary N) is 1. The zero-order chi connectivity index (χ0) is 19.8. The van der Waals surface area contributed by atoms with E-state index < -0.39 is 5.97 Å². The Morgan fingerprint density at radius 3 is 2.61 bits per heavy atom. The van der Waals surface area contributed by atoms with Gasteiger partial charge in [-0.3, -0.25) is 4.79 Å². The van der Waals surface area contributed by atoms with Gasteiger partial charge in [-0.2, -0.15) is 0 Å². The molecule has 2 aromatic rings. The lowest BCUT2D eigenvalue weighted by Crippen LogP contribution is -2.30. The summed E-state index contributed by atoms with van der Waals surface area (Å²) < 4.78 is 15.9. The summed E-state index contributed by atoms with van der Waals surface area (Å²) in [5, 5.41) is 3.38. The van der Waals surface area contributed by atoms with Crippen LogP contribution in [0.5, 0.6) is 11.5 Å². The SMILES string of the molecule is O=C(COC(=O)/C=C/c1ccc2c(c1)OCCO2)NCCc1ccc(Cl)cc1. The van der Waals surface area contributed by atoms with Crippen LogP contribution >= 0.6 is 11.6 Å². The number of hydrogen-bond acceptors (Lipinski definition) is 5. The molecule has 0 atom stereocenters. The summed E-state index contributed by atoms with van der Waals surface area (Å²) in [7, 11) is 0. The Morgan fingerprint density at radius 1 is 1.07 bits per heavy atom. The van der Waals surface area contributed by atoms with Crippen LogP contribution in [0.25, 0.3) is 6.08 Å². The van der Waals surface area contributed by atoms with Gasteiger partial charge in [-0.05, 0) is 47.9 Å². The molecule has 6 nitrogen and oxygen atoms in total. The van der Waals surface area contributed by atoms with Crippen LogP contribution in [0.1, 0.15) is 11.1 Å². The van der Waals surface area contributed by atoms with Crippen molar-refractivity contribution in [1.29, 1.82) is 0 Å². The minimum absolute atomic E-state index is 0.328. The maximum absolute atomic E-state index is 11.8. The van der Waals surface area contributed by atoms with Gasteiger partial charge in [-0.1, -0.05) is 29.8 Å². The second-order valence-corrected chi connectivity index (χ2v) is 6.51. The largest absolute Gasteiger partial charge is 0.486 e. The average molecular weight is 402 g/mol. The maximum Gasteiger partial charge on any atom is 0.331 e. The molecule has 0 unspecified atom stereocenters. The quantitative estimate of drug-likeness (QED) is 0.570. The highest BCUT2D eigenvalue weighted by atomic mass is 35.5. The van der Waals surface area contributed by atoms with Crippen LogP contribution < -0.4 is 14.8 Å². The molecule has 146 valence electrons. The number of hydrogen-bond donors (Lipinski definition) is 1. The summed E-state index contributed by atoms with van der Waals surface area (Å²) in [6.45, 7) is 1.14. The van der Waals surface area contributed by atoms with E-state index >= 15 is 0 Å². The first-order valence-electron chi connectivity index (χ1n) is 8.86. The van der Waals surface area contributed by atoms with E-state index in [9.17, 15) is 9.59 Å². The van der Waals surface area contributed by atoms with Gasteiger partial charge in [0, 0.05) is 17.6 Å². The molecule has 3 rings (SSSR count). The Balaban J connectivity index is 1.38. The van der Waals surface area contributed by atoms with Crippen molar-refractivity contribution in [2.45, 2.75) is 6.42 Å². The zero-order valence-corrected chi connectivity index (χ0v) is 15.9. The molecule has 0 aromatic heterocycles. The summed E-state index contributed by atoms with van der Waals surface area (Å²) in [4.78, 5) is 23.5. The monoisotopic (exact) mass is 401 g/mol. The number of fused-ring (bicyclic) bond motifs is 1. The molecule has 1 aliphatic heterocycles. The topological polar surface area (TPSA) is 73.9 Å². The molecule has 1 amide bonds. The molecular formula is C21H20ClNO5. The van der Waals surface area contributed by atoms with Crippen molar-refractivity contribution < 1.29 is 23.8 Å². The van der Waals surface area contributed by atoms with Crippen LogP contribution in [-0.2, 0) is 20.7 Å². The fourth-order valence-corrected chi connectivity index (χ4v) is 2.69. The van der Waals surface area contributed by atoms with Gasteiger partial charge in [0.25, 0.3) is 5.91 Å². The number of carbonyl (C=O) groups is 2. The lowest BCUT2D eigenvalue weighted by atomic mass is 10.1. The first-order valence-corrected chi connectivity index (χ1v) is 9.23. The summed E-state index contributed by atoms with van der Waals surface area (Å²) in [6, 6.07) is 12.8. The number of halogens is 1. The predicted octanol–water partition coefficient (Wildman–Crippen LogP) is 3.03. The summed E-state index contributed by atoms with van der Waals surface area (Å²) in [5.74, 6) is 0.376. The molecule has 0 saturated heterocycles. The highest BCUT2D eigenvalue weighted by molar-refractivity contribution is 6.30. The highest BCUT2D eigenvalue weighted by Crippen LogP contribution is 2.31. The van der Waals surface area contributed by atoms with Gasteiger partial charge in [-0.15, -0.1) is 0 Å². The Hall–Kier alpha value is -2.99. The molecule has 1 N–H and O–H groups in total. The van der Waals surface area contributed by atoms with E-state index in [1.807, 2.05) is 12.1 Å². The van der Waals surface area contributed by atoms with E-state index in [2.05, 4.69) is 5.32 Å². The second-order valence-electron chi connectivity index (χ2n) is 6.07. The van der Waals surface area contributed by atoms with E-state index in [1.165, 1.54) is 6.08 Å². The van der Waals surface area contributed by atoms with Gasteiger partial charge in [0.2, 0.25) is 0 Å². The van der Waals surface area contributed by atoms with Crippen molar-refractivity contribution in [3.63, 3.8) is 0 Å². The molecule has 7 heteroatoms. The minimum Gasteiger partial charge on any atom is -0.486 e. The molecule has 28 heavy (non-hydrogen) atoms. The number of esters is 1. The first kappa shape index (κ1) is 19.8. The Bertz CT molecular complexity index is 864. The number of rotatable bonds is 7. The number of ether oxygens (including phenoxy) is 3. The number of amides is 1. The van der Waals surface area contributed by atoms with Crippen molar-refractivity contribution >= 4 is 29.6 Å². The van der Waals surface area contributed by atoms with Gasteiger partial charge in [0.15, 0.2) is 18.1 Å². The van der Waals surface area contributed by atoms with Crippen LogP contribution in [0.4, 0.5) is 0 Å². The molecule has 0 saturated carbocycles. The van der Waals surface area contributed by atoms with Gasteiger partial charge in [0.1, 0.15) is 13.2 Å². The van der Waals surface area contributed by atoms with Gasteiger partial charge in [0.05, 0.1) is 0 Å². The van der Waals surface area contributed by atoms with Crippen LogP contribution in [0.15, 0.2) is 48.5 Å². The van der Waals surface area contributed by atoms with Crippen molar-refractivity contribution in [1.82, 2.24) is 5.32 Å². The second kappa shape index (κ2) is 9.80. The highest BCUT2D eigenvalue weighted by Gasteiger charge is 2.11. The van der Waals surface area contributed by atoms with Crippen LogP contribution in [0.2, 0.25) is 5.02 Å². The summed E-state index contributed by atoms with van der Waals surface area (Å²) >= 11 is 5.83. The maximum atomic E-state index is 11.8. The van der Waals surface area contributed by atoms with E-state index in [-0.39, 0.29) is 12.5 Å². The van der Waals surface area contributed by atoms with Crippen molar-refractivity contribution in [2.75, 3.05) is 26.4 Å². The summed E-state index contributed by atoms with van der Waals surface area (Å²) in [5.41, 5.74) is 1.83. The molecule has 0 aliphatic carbocycles. The zero-order valence-electron chi connectivity index (χ0n) is 15.2. The number of benzene rings is 2. The number of carbonyl (C=O) groups excluding carboxylic acids is 2. The smallest absolute Gasteiger partial charge is 0.331 e. The summed E-state index contributed by atoms with van der Waals surface area (Å²) in [6.07, 6.45) is 3.53. The molecule has 2 aromatic carbocycles. The van der Waals surface area contributed by atoms with Crippen molar-refractivity contribution in [3.05, 3.63) is 64.7 Å². The Morgan fingerprint density at radius 2 is 1.82 bits per heavy atom. The normalized spacial score (nSPS) is 12.6. The molecule has 0 bridgehead atoms. The van der Waals surface area contributed by atoms with Crippen LogP contribution in [-0.4, -0.2) is 38.2 Å². The fraction of sp³-hybridized carbons (Fsp3) is 0.238. The third-order valence-corrected chi connectivity index (χ3v) is 4.22. The van der Waals surface area contributed by atoms with Crippen molar-refractivity contribution in [2.24, 2.45) is 0 Å². The van der Waals surface area contributed by atoms with Crippen LogP contribution in [0, 0.1) is 0 Å². The lowest BCUT2D eigenvalue weighted by molar-refractivity contribution is -0.143. The molecule has 0 spiro atoms. The van der Waals surface area contributed by atoms with Crippen molar-refractivity contribution in [3.8, 4) is 11.5 Å². The molecule has 0 radical (unpaired) electrons. The fourth-order valence-electron chi connectivity index (χ4n) is 2.56. The molecule has 1 heterocycles. The molecular weight excluding hydrogens is 382 g/mol. The standard InChI is InChI=1S/C21H20ClNO5/c22-17-5-1-15(2-6-17)9-10-23-20(24)14-28-21(25)8-4-16-3-7-18-19(13-16)27-12-11-26-18/h1-8,13H,9-12,14H2,(H,23,24)/b8-4+. The van der Waals surface area contributed by atoms with Gasteiger partial charge < -0.3 is 19.5 Å². The van der Waals surface area contributed by atoms with E-state index in [4.69, 9.17) is 25.8 Å². The Kier molecular flexibility index (Phi) is 6.92. The average Bonchev–Trinajstić information content (AvgIpc) is 2.72. The third kappa shape index (κ3) is 6.03. The van der Waals surface area contributed by atoms with E-state index in [1.54, 1.807) is 36.4 Å². The van der Waals surface area contributed by atoms with Crippen LogP contribution in [0.3, 0.4) is 0 Å². The predicted molar refractivity (Wildman–Crippen MR) is 106 cm³/mol. The molecule has 0 fully saturated rings.